The molecule has 1 amide bonds. The largest absolute Gasteiger partial charge is 0.492 e. The molecule has 2 aromatic rings. The summed E-state index contributed by atoms with van der Waals surface area (Å²) in [4.78, 5) is 12.8. The zero-order valence-electron chi connectivity index (χ0n) is 10.9. The standard InChI is InChI=1S/C14H15ClN2O2S/c1-2-19-11-6-5-9(8-10(11)15)17-14(18)13(16)12-4-3-7-20-12/h3-8,13H,2,16H2,1H3,(H,17,18). The molecule has 1 atom stereocenters. The van der Waals surface area contributed by atoms with Crippen molar-refractivity contribution in [1.82, 2.24) is 0 Å². The van der Waals surface area contributed by atoms with Gasteiger partial charge >= 0.3 is 0 Å². The van der Waals surface area contributed by atoms with E-state index in [-0.39, 0.29) is 5.91 Å². The maximum atomic E-state index is 12.0. The predicted molar refractivity (Wildman–Crippen MR) is 82.5 cm³/mol. The van der Waals surface area contributed by atoms with Gasteiger partial charge in [-0.3, -0.25) is 4.79 Å². The minimum absolute atomic E-state index is 0.271. The highest BCUT2D eigenvalue weighted by atomic mass is 35.5. The summed E-state index contributed by atoms with van der Waals surface area (Å²) < 4.78 is 5.34. The Morgan fingerprint density at radius 3 is 2.90 bits per heavy atom. The summed E-state index contributed by atoms with van der Waals surface area (Å²) in [5.74, 6) is 0.322. The molecule has 0 spiro atoms. The van der Waals surface area contributed by atoms with E-state index in [0.29, 0.717) is 23.1 Å². The molecular formula is C14H15ClN2O2S. The molecule has 1 aromatic heterocycles. The van der Waals surface area contributed by atoms with Crippen molar-refractivity contribution in [3.05, 3.63) is 45.6 Å². The topological polar surface area (TPSA) is 64.3 Å². The van der Waals surface area contributed by atoms with Crippen LogP contribution in [0.1, 0.15) is 17.8 Å². The fraction of sp³-hybridized carbons (Fsp3) is 0.214. The Kier molecular flexibility index (Phi) is 5.00. The third-order valence-electron chi connectivity index (χ3n) is 2.63. The van der Waals surface area contributed by atoms with Crippen molar-refractivity contribution in [3.63, 3.8) is 0 Å². The molecule has 0 saturated heterocycles. The van der Waals surface area contributed by atoms with Gasteiger partial charge in [0.1, 0.15) is 11.8 Å². The van der Waals surface area contributed by atoms with Gasteiger partial charge in [-0.25, -0.2) is 0 Å². The summed E-state index contributed by atoms with van der Waals surface area (Å²) >= 11 is 7.52. The normalized spacial score (nSPS) is 11.9. The maximum Gasteiger partial charge on any atom is 0.246 e. The first kappa shape index (κ1) is 14.8. The number of nitrogens with two attached hydrogens (primary N) is 1. The van der Waals surface area contributed by atoms with Crippen molar-refractivity contribution in [2.75, 3.05) is 11.9 Å². The first-order valence-corrected chi connectivity index (χ1v) is 7.39. The third-order valence-corrected chi connectivity index (χ3v) is 3.88. The van der Waals surface area contributed by atoms with Crippen molar-refractivity contribution in [1.29, 1.82) is 0 Å². The van der Waals surface area contributed by atoms with Crippen LogP contribution in [0.3, 0.4) is 0 Å². The number of thiophene rings is 1. The van der Waals surface area contributed by atoms with Crippen molar-refractivity contribution < 1.29 is 9.53 Å². The molecule has 20 heavy (non-hydrogen) atoms. The molecule has 0 radical (unpaired) electrons. The van der Waals surface area contributed by atoms with Gasteiger partial charge in [0, 0.05) is 10.6 Å². The van der Waals surface area contributed by atoms with Gasteiger partial charge in [-0.1, -0.05) is 17.7 Å². The highest BCUT2D eigenvalue weighted by Gasteiger charge is 2.17. The van der Waals surface area contributed by atoms with E-state index in [0.717, 1.165) is 4.88 Å². The molecule has 1 aromatic carbocycles. The van der Waals surface area contributed by atoms with E-state index in [4.69, 9.17) is 22.1 Å². The summed E-state index contributed by atoms with van der Waals surface area (Å²) in [5, 5.41) is 5.08. The van der Waals surface area contributed by atoms with Crippen LogP contribution in [-0.4, -0.2) is 12.5 Å². The third kappa shape index (κ3) is 3.50. The fourth-order valence-electron chi connectivity index (χ4n) is 1.67. The Hall–Kier alpha value is -1.56. The number of hydrogen-bond donors (Lipinski definition) is 2. The molecule has 2 rings (SSSR count). The summed E-state index contributed by atoms with van der Waals surface area (Å²) in [6.07, 6.45) is 0. The van der Waals surface area contributed by atoms with E-state index in [1.807, 2.05) is 24.4 Å². The second kappa shape index (κ2) is 6.74. The van der Waals surface area contributed by atoms with Crippen molar-refractivity contribution in [2.45, 2.75) is 13.0 Å². The SMILES string of the molecule is CCOc1ccc(NC(=O)C(N)c2cccs2)cc1Cl. The van der Waals surface area contributed by atoms with E-state index in [1.165, 1.54) is 11.3 Å². The average molecular weight is 311 g/mol. The fourth-order valence-corrected chi connectivity index (χ4v) is 2.63. The number of ether oxygens (including phenoxy) is 1. The Bertz CT molecular complexity index is 587. The van der Waals surface area contributed by atoms with Crippen molar-refractivity contribution in [3.8, 4) is 5.75 Å². The first-order chi connectivity index (χ1) is 9.61. The van der Waals surface area contributed by atoms with Crippen LogP contribution in [0.25, 0.3) is 0 Å². The quantitative estimate of drug-likeness (QED) is 0.889. The molecule has 0 aliphatic heterocycles. The van der Waals surface area contributed by atoms with Gasteiger partial charge in [0.25, 0.3) is 0 Å². The Morgan fingerprint density at radius 1 is 1.50 bits per heavy atom. The Labute approximate surface area is 126 Å². The Morgan fingerprint density at radius 2 is 2.30 bits per heavy atom. The average Bonchev–Trinajstić information content (AvgIpc) is 2.95. The minimum Gasteiger partial charge on any atom is -0.492 e. The van der Waals surface area contributed by atoms with Gasteiger partial charge in [0.15, 0.2) is 0 Å². The molecule has 1 heterocycles. The van der Waals surface area contributed by atoms with Gasteiger partial charge in [0.05, 0.1) is 11.6 Å². The lowest BCUT2D eigenvalue weighted by atomic mass is 10.2. The number of carbonyl (C=O) groups is 1. The number of carbonyl (C=O) groups excluding carboxylic acids is 1. The number of amides is 1. The lowest BCUT2D eigenvalue weighted by Gasteiger charge is -2.12. The molecule has 0 aliphatic carbocycles. The van der Waals surface area contributed by atoms with Crippen LogP contribution in [0.4, 0.5) is 5.69 Å². The predicted octanol–water partition coefficient (Wildman–Crippen LogP) is 3.44. The number of hydrogen-bond acceptors (Lipinski definition) is 4. The highest BCUT2D eigenvalue weighted by Crippen LogP contribution is 2.28. The van der Waals surface area contributed by atoms with E-state index in [9.17, 15) is 4.79 Å². The second-order valence-electron chi connectivity index (χ2n) is 4.06. The first-order valence-electron chi connectivity index (χ1n) is 6.14. The molecule has 0 aliphatic rings. The molecule has 0 bridgehead atoms. The van der Waals surface area contributed by atoms with E-state index >= 15 is 0 Å². The van der Waals surface area contributed by atoms with Gasteiger partial charge in [-0.2, -0.15) is 0 Å². The molecule has 0 saturated carbocycles. The van der Waals surface area contributed by atoms with Crippen molar-refractivity contribution >= 4 is 34.5 Å². The number of benzene rings is 1. The van der Waals surface area contributed by atoms with Crippen LogP contribution in [0, 0.1) is 0 Å². The number of anilines is 1. The summed E-state index contributed by atoms with van der Waals surface area (Å²) in [5.41, 5.74) is 6.48. The monoisotopic (exact) mass is 310 g/mol. The van der Waals surface area contributed by atoms with Crippen LogP contribution in [0.5, 0.6) is 5.75 Å². The summed E-state index contributed by atoms with van der Waals surface area (Å²) in [7, 11) is 0. The zero-order chi connectivity index (χ0) is 14.5. The van der Waals surface area contributed by atoms with Gasteiger partial charge in [-0.15, -0.1) is 11.3 Å². The number of halogens is 1. The second-order valence-corrected chi connectivity index (χ2v) is 5.45. The van der Waals surface area contributed by atoms with Gasteiger partial charge < -0.3 is 15.8 Å². The van der Waals surface area contributed by atoms with Crippen LogP contribution in [-0.2, 0) is 4.79 Å². The zero-order valence-corrected chi connectivity index (χ0v) is 12.5. The van der Waals surface area contributed by atoms with Crippen LogP contribution >= 0.6 is 22.9 Å². The maximum absolute atomic E-state index is 12.0. The summed E-state index contributed by atoms with van der Waals surface area (Å²) in [6.45, 7) is 2.42. The van der Waals surface area contributed by atoms with Crippen LogP contribution in [0.15, 0.2) is 35.7 Å². The van der Waals surface area contributed by atoms with E-state index < -0.39 is 6.04 Å². The summed E-state index contributed by atoms with van der Waals surface area (Å²) in [6, 6.07) is 8.11. The molecule has 6 heteroatoms. The van der Waals surface area contributed by atoms with Gasteiger partial charge in [-0.05, 0) is 36.6 Å². The molecule has 106 valence electrons. The van der Waals surface area contributed by atoms with Crippen LogP contribution < -0.4 is 15.8 Å². The number of rotatable bonds is 5. The lowest BCUT2D eigenvalue weighted by molar-refractivity contribution is -0.117. The molecule has 3 N–H and O–H groups in total. The van der Waals surface area contributed by atoms with E-state index in [2.05, 4.69) is 5.32 Å². The Balaban J connectivity index is 2.06. The molecule has 1 unspecified atom stereocenters. The molecule has 4 nitrogen and oxygen atoms in total. The molecular weight excluding hydrogens is 296 g/mol. The number of nitrogens with one attached hydrogen (secondary N) is 1. The smallest absolute Gasteiger partial charge is 0.246 e. The van der Waals surface area contributed by atoms with Crippen molar-refractivity contribution in [2.24, 2.45) is 5.73 Å². The lowest BCUT2D eigenvalue weighted by Crippen LogP contribution is -2.26. The highest BCUT2D eigenvalue weighted by molar-refractivity contribution is 7.10. The minimum atomic E-state index is -0.680. The van der Waals surface area contributed by atoms with Gasteiger partial charge in [0.2, 0.25) is 5.91 Å². The van der Waals surface area contributed by atoms with E-state index in [1.54, 1.807) is 18.2 Å². The van der Waals surface area contributed by atoms with Crippen LogP contribution in [0.2, 0.25) is 5.02 Å². The molecule has 0 fully saturated rings.